The standard InChI is InChI=1S/C19H18FN3O2/c20-16-7-5-15(6-8-16)19(9-11-25-12-10-19)23-18(24)22-17-4-2-1-3-14(17)13-21/h1-8H,9-12H2,(H2,22,23,24). The Morgan fingerprint density at radius 2 is 1.80 bits per heavy atom. The number of benzene rings is 2. The van der Waals surface area contributed by atoms with Crippen molar-refractivity contribution < 1.29 is 13.9 Å². The monoisotopic (exact) mass is 339 g/mol. The van der Waals surface area contributed by atoms with Gasteiger partial charge in [-0.15, -0.1) is 0 Å². The topological polar surface area (TPSA) is 74.2 Å². The maximum absolute atomic E-state index is 13.3. The summed E-state index contributed by atoms with van der Waals surface area (Å²) in [5, 5.41) is 14.9. The molecule has 1 aliphatic rings. The first-order valence-electron chi connectivity index (χ1n) is 8.05. The van der Waals surface area contributed by atoms with Crippen LogP contribution in [0.1, 0.15) is 24.0 Å². The number of urea groups is 1. The summed E-state index contributed by atoms with van der Waals surface area (Å²) in [6.07, 6.45) is 1.18. The zero-order valence-electron chi connectivity index (χ0n) is 13.6. The van der Waals surface area contributed by atoms with Gasteiger partial charge in [0.2, 0.25) is 0 Å². The molecule has 1 saturated heterocycles. The maximum Gasteiger partial charge on any atom is 0.319 e. The quantitative estimate of drug-likeness (QED) is 0.898. The zero-order valence-corrected chi connectivity index (χ0v) is 13.6. The van der Waals surface area contributed by atoms with Gasteiger partial charge < -0.3 is 15.4 Å². The van der Waals surface area contributed by atoms with E-state index >= 15 is 0 Å². The largest absolute Gasteiger partial charge is 0.381 e. The van der Waals surface area contributed by atoms with E-state index in [1.54, 1.807) is 36.4 Å². The molecular formula is C19H18FN3O2. The second kappa shape index (κ2) is 7.32. The second-order valence-corrected chi connectivity index (χ2v) is 5.94. The molecule has 0 radical (unpaired) electrons. The predicted octanol–water partition coefficient (Wildman–Crippen LogP) is 3.52. The van der Waals surface area contributed by atoms with E-state index in [0.717, 1.165) is 5.56 Å². The number of carbonyl (C=O) groups excluding carboxylic acids is 1. The number of ether oxygens (including phenoxy) is 1. The Bertz CT molecular complexity index is 793. The molecule has 1 fully saturated rings. The first-order valence-corrected chi connectivity index (χ1v) is 8.05. The van der Waals surface area contributed by atoms with Crippen LogP contribution >= 0.6 is 0 Å². The highest BCUT2D eigenvalue weighted by Crippen LogP contribution is 2.32. The molecule has 128 valence electrons. The Kier molecular flexibility index (Phi) is 4.96. The minimum atomic E-state index is -0.627. The molecule has 0 atom stereocenters. The third-order valence-corrected chi connectivity index (χ3v) is 4.39. The average molecular weight is 339 g/mol. The smallest absolute Gasteiger partial charge is 0.319 e. The van der Waals surface area contributed by atoms with E-state index in [9.17, 15) is 9.18 Å². The summed E-state index contributed by atoms with van der Waals surface area (Å²) >= 11 is 0. The lowest BCUT2D eigenvalue weighted by Crippen LogP contribution is -2.51. The van der Waals surface area contributed by atoms with Crippen molar-refractivity contribution in [2.45, 2.75) is 18.4 Å². The summed E-state index contributed by atoms with van der Waals surface area (Å²) in [6.45, 7) is 1.01. The van der Waals surface area contributed by atoms with Gasteiger partial charge in [-0.3, -0.25) is 0 Å². The van der Waals surface area contributed by atoms with Crippen LogP contribution < -0.4 is 10.6 Å². The summed E-state index contributed by atoms with van der Waals surface area (Å²) in [5.74, 6) is -0.321. The van der Waals surface area contributed by atoms with Gasteiger partial charge in [0.1, 0.15) is 11.9 Å². The Balaban J connectivity index is 1.82. The molecule has 3 rings (SSSR count). The van der Waals surface area contributed by atoms with E-state index in [0.29, 0.717) is 37.3 Å². The molecule has 6 heteroatoms. The van der Waals surface area contributed by atoms with E-state index in [4.69, 9.17) is 10.00 Å². The Morgan fingerprint density at radius 1 is 1.12 bits per heavy atom. The minimum absolute atomic E-state index is 0.321. The molecule has 0 spiro atoms. The number of nitriles is 1. The van der Waals surface area contributed by atoms with Gasteiger partial charge in [0.05, 0.1) is 16.8 Å². The van der Waals surface area contributed by atoms with Gasteiger partial charge in [-0.1, -0.05) is 24.3 Å². The number of rotatable bonds is 3. The van der Waals surface area contributed by atoms with Crippen molar-refractivity contribution in [3.8, 4) is 6.07 Å². The molecule has 1 heterocycles. The number of halogens is 1. The van der Waals surface area contributed by atoms with Gasteiger partial charge in [0, 0.05) is 13.2 Å². The van der Waals surface area contributed by atoms with Crippen molar-refractivity contribution in [2.24, 2.45) is 0 Å². The maximum atomic E-state index is 13.3. The zero-order chi connectivity index (χ0) is 17.7. The average Bonchev–Trinajstić information content (AvgIpc) is 2.63. The number of nitrogens with zero attached hydrogens (tertiary/aromatic N) is 1. The molecule has 2 amide bonds. The molecule has 0 unspecified atom stereocenters. The van der Waals surface area contributed by atoms with E-state index in [-0.39, 0.29) is 5.82 Å². The van der Waals surface area contributed by atoms with Crippen LogP contribution in [0.25, 0.3) is 0 Å². The van der Waals surface area contributed by atoms with Crippen LogP contribution in [0.3, 0.4) is 0 Å². The third kappa shape index (κ3) is 3.78. The minimum Gasteiger partial charge on any atom is -0.381 e. The van der Waals surface area contributed by atoms with Crippen molar-refractivity contribution in [3.63, 3.8) is 0 Å². The van der Waals surface area contributed by atoms with Crippen LogP contribution in [-0.2, 0) is 10.3 Å². The van der Waals surface area contributed by atoms with E-state index in [2.05, 4.69) is 10.6 Å². The van der Waals surface area contributed by atoms with E-state index < -0.39 is 11.6 Å². The van der Waals surface area contributed by atoms with Gasteiger partial charge in [-0.05, 0) is 42.7 Å². The van der Waals surface area contributed by atoms with Gasteiger partial charge in [-0.2, -0.15) is 5.26 Å². The Morgan fingerprint density at radius 3 is 2.48 bits per heavy atom. The number of carbonyl (C=O) groups is 1. The molecule has 0 saturated carbocycles. The molecule has 2 N–H and O–H groups in total. The van der Waals surface area contributed by atoms with Crippen LogP contribution in [0, 0.1) is 17.1 Å². The Hall–Kier alpha value is -2.91. The van der Waals surface area contributed by atoms with Crippen LogP contribution in [0.5, 0.6) is 0 Å². The molecule has 5 nitrogen and oxygen atoms in total. The fourth-order valence-electron chi connectivity index (χ4n) is 3.04. The summed E-state index contributed by atoms with van der Waals surface area (Å²) in [4.78, 5) is 12.5. The van der Waals surface area contributed by atoms with Crippen LogP contribution in [-0.4, -0.2) is 19.2 Å². The normalized spacial score (nSPS) is 15.8. The lowest BCUT2D eigenvalue weighted by atomic mass is 9.83. The lowest BCUT2D eigenvalue weighted by Gasteiger charge is -2.38. The van der Waals surface area contributed by atoms with Crippen LogP contribution in [0.4, 0.5) is 14.9 Å². The third-order valence-electron chi connectivity index (χ3n) is 4.39. The lowest BCUT2D eigenvalue weighted by molar-refractivity contribution is 0.0418. The summed E-state index contributed by atoms with van der Waals surface area (Å²) in [6, 6.07) is 14.6. The van der Waals surface area contributed by atoms with Crippen molar-refractivity contribution >= 4 is 11.7 Å². The summed E-state index contributed by atoms with van der Waals surface area (Å²) < 4.78 is 18.7. The molecule has 1 aliphatic heterocycles. The highest BCUT2D eigenvalue weighted by atomic mass is 19.1. The molecule has 2 aromatic carbocycles. The van der Waals surface area contributed by atoms with Crippen molar-refractivity contribution in [1.29, 1.82) is 5.26 Å². The second-order valence-electron chi connectivity index (χ2n) is 5.94. The van der Waals surface area contributed by atoms with Gasteiger partial charge in [0.15, 0.2) is 0 Å². The van der Waals surface area contributed by atoms with Gasteiger partial charge in [0.25, 0.3) is 0 Å². The molecule has 0 bridgehead atoms. The van der Waals surface area contributed by atoms with Crippen LogP contribution in [0.15, 0.2) is 48.5 Å². The first kappa shape index (κ1) is 16.9. The predicted molar refractivity (Wildman–Crippen MR) is 91.4 cm³/mol. The number of para-hydroxylation sites is 1. The van der Waals surface area contributed by atoms with E-state index in [1.165, 1.54) is 12.1 Å². The van der Waals surface area contributed by atoms with E-state index in [1.807, 2.05) is 6.07 Å². The van der Waals surface area contributed by atoms with Crippen LogP contribution in [0.2, 0.25) is 0 Å². The number of hydrogen-bond acceptors (Lipinski definition) is 3. The number of hydrogen-bond donors (Lipinski definition) is 2. The molecular weight excluding hydrogens is 321 g/mol. The highest BCUT2D eigenvalue weighted by molar-refractivity contribution is 5.91. The molecule has 2 aromatic rings. The van der Waals surface area contributed by atoms with Crippen molar-refractivity contribution in [1.82, 2.24) is 5.32 Å². The molecule has 0 aliphatic carbocycles. The number of anilines is 1. The number of nitrogens with one attached hydrogen (secondary N) is 2. The SMILES string of the molecule is N#Cc1ccccc1NC(=O)NC1(c2ccc(F)cc2)CCOCC1. The molecule has 25 heavy (non-hydrogen) atoms. The fraction of sp³-hybridized carbons (Fsp3) is 0.263. The van der Waals surface area contributed by atoms with Crippen molar-refractivity contribution in [2.75, 3.05) is 18.5 Å². The molecule has 0 aromatic heterocycles. The fourth-order valence-corrected chi connectivity index (χ4v) is 3.04. The Labute approximate surface area is 145 Å². The highest BCUT2D eigenvalue weighted by Gasteiger charge is 2.36. The first-order chi connectivity index (χ1) is 12.1. The van der Waals surface area contributed by atoms with Gasteiger partial charge >= 0.3 is 6.03 Å². The summed E-state index contributed by atoms with van der Waals surface area (Å²) in [7, 11) is 0. The summed E-state index contributed by atoms with van der Waals surface area (Å²) in [5.41, 5.74) is 1.04. The number of amides is 2. The van der Waals surface area contributed by atoms with Gasteiger partial charge in [-0.25, -0.2) is 9.18 Å². The van der Waals surface area contributed by atoms with Crippen molar-refractivity contribution in [3.05, 3.63) is 65.5 Å².